The fourth-order valence-corrected chi connectivity index (χ4v) is 1.48. The molecule has 0 aliphatic carbocycles. The molecule has 1 aliphatic rings. The van der Waals surface area contributed by atoms with Crippen LogP contribution in [0.2, 0.25) is 0 Å². The molecule has 7 nitrogen and oxygen atoms in total. The summed E-state index contributed by atoms with van der Waals surface area (Å²) in [4.78, 5) is 0. The lowest BCUT2D eigenvalue weighted by molar-refractivity contribution is -0.300. The van der Waals surface area contributed by atoms with Crippen LogP contribution in [0.3, 0.4) is 0 Å². The summed E-state index contributed by atoms with van der Waals surface area (Å²) >= 11 is 0. The molecule has 5 N–H and O–H groups in total. The molecule has 1 heterocycles. The third-order valence-corrected chi connectivity index (χ3v) is 2.48. The van der Waals surface area contributed by atoms with Crippen LogP contribution in [-0.2, 0) is 9.47 Å². The molecular formula is C9H19NO6. The highest BCUT2D eigenvalue weighted by Crippen LogP contribution is 2.21. The second-order valence-electron chi connectivity index (χ2n) is 3.67. The van der Waals surface area contributed by atoms with Crippen LogP contribution < -0.4 is 5.32 Å². The fourth-order valence-electron chi connectivity index (χ4n) is 1.48. The quantitative estimate of drug-likeness (QED) is 0.324. The number of rotatable bonds is 5. The van der Waals surface area contributed by atoms with Gasteiger partial charge in [-0.25, -0.2) is 0 Å². The van der Waals surface area contributed by atoms with Crippen molar-refractivity contribution in [3.63, 3.8) is 0 Å². The van der Waals surface area contributed by atoms with E-state index in [1.54, 1.807) is 7.05 Å². The van der Waals surface area contributed by atoms with E-state index in [9.17, 15) is 15.3 Å². The average Bonchev–Trinajstić information content (AvgIpc) is 2.29. The smallest absolute Gasteiger partial charge is 0.186 e. The molecule has 0 aromatic rings. The molecule has 5 unspecified atom stereocenters. The van der Waals surface area contributed by atoms with Crippen LogP contribution in [0.1, 0.15) is 0 Å². The van der Waals surface area contributed by atoms with Crippen LogP contribution in [0.5, 0.6) is 0 Å². The molecule has 1 saturated heterocycles. The summed E-state index contributed by atoms with van der Waals surface area (Å²) < 4.78 is 10.3. The SMILES string of the molecule is CNCCOC1OC(CO)C(O)C(O)C1O. The van der Waals surface area contributed by atoms with Gasteiger partial charge in [-0.1, -0.05) is 0 Å². The van der Waals surface area contributed by atoms with Crippen molar-refractivity contribution in [2.24, 2.45) is 0 Å². The Labute approximate surface area is 93.6 Å². The first-order valence-electron chi connectivity index (χ1n) is 5.18. The van der Waals surface area contributed by atoms with Gasteiger partial charge in [-0.15, -0.1) is 0 Å². The van der Waals surface area contributed by atoms with Crippen LogP contribution in [0.25, 0.3) is 0 Å². The lowest BCUT2D eigenvalue weighted by Crippen LogP contribution is -2.59. The van der Waals surface area contributed by atoms with Gasteiger partial charge in [-0.05, 0) is 7.05 Å². The van der Waals surface area contributed by atoms with E-state index in [1.165, 1.54) is 0 Å². The van der Waals surface area contributed by atoms with Gasteiger partial charge in [0.1, 0.15) is 24.4 Å². The Morgan fingerprint density at radius 1 is 1.19 bits per heavy atom. The van der Waals surface area contributed by atoms with Gasteiger partial charge in [0, 0.05) is 6.54 Å². The molecule has 0 saturated carbocycles. The Morgan fingerprint density at radius 3 is 2.44 bits per heavy atom. The van der Waals surface area contributed by atoms with Crippen molar-refractivity contribution in [2.75, 3.05) is 26.8 Å². The first-order chi connectivity index (χ1) is 7.61. The van der Waals surface area contributed by atoms with Crippen molar-refractivity contribution in [3.05, 3.63) is 0 Å². The molecule has 5 atom stereocenters. The summed E-state index contributed by atoms with van der Waals surface area (Å²) in [5.74, 6) is 0. The minimum atomic E-state index is -1.38. The Kier molecular flexibility index (Phi) is 5.56. The minimum absolute atomic E-state index is 0.291. The van der Waals surface area contributed by atoms with Gasteiger partial charge in [0.25, 0.3) is 0 Å². The number of likely N-dealkylation sites (N-methyl/N-ethyl adjacent to an activating group) is 1. The second-order valence-corrected chi connectivity index (χ2v) is 3.67. The van der Waals surface area contributed by atoms with E-state index in [0.29, 0.717) is 13.2 Å². The summed E-state index contributed by atoms with van der Waals surface area (Å²) in [5.41, 5.74) is 0. The number of aliphatic hydroxyl groups excluding tert-OH is 4. The van der Waals surface area contributed by atoms with E-state index in [1.807, 2.05) is 0 Å². The number of ether oxygens (including phenoxy) is 2. The van der Waals surface area contributed by atoms with Crippen molar-refractivity contribution in [3.8, 4) is 0 Å². The largest absolute Gasteiger partial charge is 0.394 e. The number of hydrogen-bond acceptors (Lipinski definition) is 7. The molecule has 96 valence electrons. The van der Waals surface area contributed by atoms with Crippen LogP contribution in [0.15, 0.2) is 0 Å². The Balaban J connectivity index is 2.50. The van der Waals surface area contributed by atoms with Crippen molar-refractivity contribution in [1.82, 2.24) is 5.32 Å². The second kappa shape index (κ2) is 6.45. The van der Waals surface area contributed by atoms with E-state index in [-0.39, 0.29) is 0 Å². The Hall–Kier alpha value is -0.280. The Morgan fingerprint density at radius 2 is 1.88 bits per heavy atom. The van der Waals surface area contributed by atoms with Crippen LogP contribution in [0, 0.1) is 0 Å². The zero-order valence-electron chi connectivity index (χ0n) is 9.11. The highest BCUT2D eigenvalue weighted by atomic mass is 16.7. The maximum atomic E-state index is 9.56. The van der Waals surface area contributed by atoms with E-state index in [2.05, 4.69) is 5.32 Å². The van der Waals surface area contributed by atoms with Crippen molar-refractivity contribution in [2.45, 2.75) is 30.7 Å². The molecule has 0 aromatic carbocycles. The summed E-state index contributed by atoms with van der Waals surface area (Å²) in [6, 6.07) is 0. The van der Waals surface area contributed by atoms with Crippen LogP contribution >= 0.6 is 0 Å². The number of aliphatic hydroxyl groups is 4. The van der Waals surface area contributed by atoms with Crippen LogP contribution in [-0.4, -0.2) is 77.9 Å². The summed E-state index contributed by atoms with van der Waals surface area (Å²) in [5, 5.41) is 40.2. The predicted octanol–water partition coefficient (Wildman–Crippen LogP) is -2.98. The van der Waals surface area contributed by atoms with Gasteiger partial charge in [0.05, 0.1) is 13.2 Å². The maximum Gasteiger partial charge on any atom is 0.186 e. The van der Waals surface area contributed by atoms with Crippen molar-refractivity contribution >= 4 is 0 Å². The predicted molar refractivity (Wildman–Crippen MR) is 53.6 cm³/mol. The molecule has 0 spiro atoms. The fraction of sp³-hybridized carbons (Fsp3) is 1.00. The first kappa shape index (κ1) is 13.8. The van der Waals surface area contributed by atoms with Crippen LogP contribution in [0.4, 0.5) is 0 Å². The molecule has 1 rings (SSSR count). The molecular weight excluding hydrogens is 218 g/mol. The number of hydrogen-bond donors (Lipinski definition) is 5. The molecule has 16 heavy (non-hydrogen) atoms. The van der Waals surface area contributed by atoms with Gasteiger partial charge < -0.3 is 35.2 Å². The van der Waals surface area contributed by atoms with E-state index < -0.39 is 37.3 Å². The van der Waals surface area contributed by atoms with Gasteiger partial charge in [0.2, 0.25) is 0 Å². The zero-order valence-corrected chi connectivity index (χ0v) is 9.11. The van der Waals surface area contributed by atoms with Gasteiger partial charge in [-0.3, -0.25) is 0 Å². The average molecular weight is 237 g/mol. The molecule has 1 fully saturated rings. The first-order valence-corrected chi connectivity index (χ1v) is 5.18. The molecule has 1 aliphatic heterocycles. The van der Waals surface area contributed by atoms with E-state index in [4.69, 9.17) is 14.6 Å². The normalized spacial score (nSPS) is 39.9. The summed E-state index contributed by atoms with van der Waals surface area (Å²) in [6.45, 7) is 0.408. The highest BCUT2D eigenvalue weighted by Gasteiger charge is 2.43. The van der Waals surface area contributed by atoms with Gasteiger partial charge in [0.15, 0.2) is 6.29 Å². The third kappa shape index (κ3) is 3.11. The van der Waals surface area contributed by atoms with E-state index in [0.717, 1.165) is 0 Å². The van der Waals surface area contributed by atoms with Crippen molar-refractivity contribution in [1.29, 1.82) is 0 Å². The molecule has 0 radical (unpaired) electrons. The minimum Gasteiger partial charge on any atom is -0.394 e. The highest BCUT2D eigenvalue weighted by molar-refractivity contribution is 4.88. The molecule has 0 aromatic heterocycles. The molecule has 7 heteroatoms. The van der Waals surface area contributed by atoms with Crippen molar-refractivity contribution < 1.29 is 29.9 Å². The van der Waals surface area contributed by atoms with Gasteiger partial charge in [-0.2, -0.15) is 0 Å². The summed E-state index contributed by atoms with van der Waals surface area (Å²) in [7, 11) is 1.75. The monoisotopic (exact) mass is 237 g/mol. The lowest BCUT2D eigenvalue weighted by atomic mass is 9.99. The van der Waals surface area contributed by atoms with Gasteiger partial charge >= 0.3 is 0 Å². The Bertz CT molecular complexity index is 202. The van der Waals surface area contributed by atoms with E-state index >= 15 is 0 Å². The lowest BCUT2D eigenvalue weighted by Gasteiger charge is -2.39. The maximum absolute atomic E-state index is 9.56. The molecule has 0 bridgehead atoms. The third-order valence-electron chi connectivity index (χ3n) is 2.48. The zero-order chi connectivity index (χ0) is 12.1. The molecule has 0 amide bonds. The standard InChI is InChI=1S/C9H19NO6/c1-10-2-3-15-9-8(14)7(13)6(12)5(4-11)16-9/h5-14H,2-4H2,1H3. The topological polar surface area (TPSA) is 111 Å². The number of nitrogens with one attached hydrogen (secondary N) is 1. The summed E-state index contributed by atoms with van der Waals surface area (Å²) in [6.07, 6.45) is -6.01.